The molecule has 2 aliphatic heterocycles. The lowest BCUT2D eigenvalue weighted by atomic mass is 10.1. The summed E-state index contributed by atoms with van der Waals surface area (Å²) in [4.78, 5) is 21.3. The number of amides is 1. The molecule has 0 N–H and O–H groups in total. The number of fused-ring (bicyclic) bond motifs is 1. The molecule has 2 aromatic carbocycles. The summed E-state index contributed by atoms with van der Waals surface area (Å²) >= 11 is 9.51. The van der Waals surface area contributed by atoms with Gasteiger partial charge >= 0.3 is 0 Å². The minimum Gasteiger partial charge on any atom is -0.335 e. The van der Waals surface area contributed by atoms with E-state index >= 15 is 0 Å². The number of benzene rings is 2. The number of hydrogen-bond acceptors (Lipinski definition) is 4. The van der Waals surface area contributed by atoms with Gasteiger partial charge in [-0.3, -0.25) is 9.69 Å². The summed E-state index contributed by atoms with van der Waals surface area (Å²) in [6.45, 7) is 4.02. The van der Waals surface area contributed by atoms with Gasteiger partial charge in [0, 0.05) is 11.6 Å². The van der Waals surface area contributed by atoms with Gasteiger partial charge in [0.1, 0.15) is 5.82 Å². The van der Waals surface area contributed by atoms with Crippen molar-refractivity contribution in [3.63, 3.8) is 0 Å². The maximum Gasteiger partial charge on any atom is 0.283 e. The molecular weight excluding hydrogens is 459 g/mol. The molecular formula is C21H15BrClFN4O. The normalized spacial score (nSPS) is 18.4. The molecule has 2 aliphatic rings. The second-order valence-electron chi connectivity index (χ2n) is 6.91. The standard InChI is InChI=1S/C21H15BrClFN4O/c1-11(2)27-19-17(26-21(27)22)20(29)28(14-7-8-16(24)15(23)9-14)18(19)13-5-3-12(10-25)4-6-13/h3-9,11,21H,1-2H3. The zero-order valence-corrected chi connectivity index (χ0v) is 17.9. The van der Waals surface area contributed by atoms with E-state index in [1.807, 2.05) is 18.7 Å². The molecule has 0 radical (unpaired) electrons. The van der Waals surface area contributed by atoms with Crippen molar-refractivity contribution in [2.75, 3.05) is 4.90 Å². The Bertz CT molecular complexity index is 1120. The van der Waals surface area contributed by atoms with Crippen molar-refractivity contribution in [2.24, 2.45) is 4.99 Å². The molecule has 2 heterocycles. The van der Waals surface area contributed by atoms with Gasteiger partial charge in [0.2, 0.25) is 0 Å². The second-order valence-corrected chi connectivity index (χ2v) is 8.14. The van der Waals surface area contributed by atoms with Gasteiger partial charge in [0.25, 0.3) is 5.91 Å². The van der Waals surface area contributed by atoms with Crippen LogP contribution in [0.15, 0.2) is 53.2 Å². The van der Waals surface area contributed by atoms with E-state index in [0.29, 0.717) is 28.4 Å². The van der Waals surface area contributed by atoms with E-state index in [1.165, 1.54) is 23.1 Å². The monoisotopic (exact) mass is 472 g/mol. The summed E-state index contributed by atoms with van der Waals surface area (Å²) in [5.41, 5.74) is 3.35. The van der Waals surface area contributed by atoms with Crippen LogP contribution in [0.3, 0.4) is 0 Å². The van der Waals surface area contributed by atoms with Crippen molar-refractivity contribution in [3.05, 3.63) is 70.1 Å². The molecule has 146 valence electrons. The van der Waals surface area contributed by atoms with Crippen molar-refractivity contribution >= 4 is 50.5 Å². The summed E-state index contributed by atoms with van der Waals surface area (Å²) in [5.74, 6) is -0.869. The Morgan fingerprint density at radius 1 is 1.21 bits per heavy atom. The lowest BCUT2D eigenvalue weighted by Gasteiger charge is -2.29. The smallest absolute Gasteiger partial charge is 0.283 e. The Morgan fingerprint density at radius 3 is 2.48 bits per heavy atom. The number of hydrogen-bond donors (Lipinski definition) is 0. The summed E-state index contributed by atoms with van der Waals surface area (Å²) < 4.78 is 13.7. The van der Waals surface area contributed by atoms with Gasteiger partial charge in [-0.1, -0.05) is 23.7 Å². The number of nitriles is 1. The van der Waals surface area contributed by atoms with Crippen LogP contribution >= 0.6 is 27.5 Å². The minimum atomic E-state index is -0.559. The van der Waals surface area contributed by atoms with Gasteiger partial charge in [-0.2, -0.15) is 5.26 Å². The lowest BCUT2D eigenvalue weighted by Crippen LogP contribution is -2.32. The van der Waals surface area contributed by atoms with Crippen molar-refractivity contribution < 1.29 is 9.18 Å². The van der Waals surface area contributed by atoms with Gasteiger partial charge < -0.3 is 4.90 Å². The topological polar surface area (TPSA) is 59.7 Å². The first-order valence-corrected chi connectivity index (χ1v) is 10.2. The van der Waals surface area contributed by atoms with E-state index in [-0.39, 0.29) is 22.0 Å². The predicted octanol–water partition coefficient (Wildman–Crippen LogP) is 4.91. The molecule has 0 saturated heterocycles. The van der Waals surface area contributed by atoms with Crippen molar-refractivity contribution in [1.82, 2.24) is 4.90 Å². The first kappa shape index (κ1) is 19.6. The van der Waals surface area contributed by atoms with E-state index < -0.39 is 5.82 Å². The fraction of sp³-hybridized carbons (Fsp3) is 0.190. The highest BCUT2D eigenvalue weighted by atomic mass is 79.9. The molecule has 5 nitrogen and oxygen atoms in total. The van der Waals surface area contributed by atoms with E-state index in [9.17, 15) is 9.18 Å². The van der Waals surface area contributed by atoms with Crippen LogP contribution in [-0.2, 0) is 4.79 Å². The van der Waals surface area contributed by atoms with Crippen molar-refractivity contribution in [3.8, 4) is 6.07 Å². The molecule has 0 spiro atoms. The Hall–Kier alpha value is -2.69. The number of alkyl halides is 1. The first-order chi connectivity index (χ1) is 13.8. The molecule has 1 amide bonds. The molecule has 0 saturated carbocycles. The number of carbonyl (C=O) groups is 1. The van der Waals surface area contributed by atoms with Crippen LogP contribution in [0, 0.1) is 17.1 Å². The number of carbonyl (C=O) groups excluding carboxylic acids is 1. The first-order valence-electron chi connectivity index (χ1n) is 8.88. The van der Waals surface area contributed by atoms with E-state index in [0.717, 1.165) is 5.56 Å². The van der Waals surface area contributed by atoms with Crippen LogP contribution in [0.5, 0.6) is 0 Å². The molecule has 4 rings (SSSR count). The Balaban J connectivity index is 1.96. The highest BCUT2D eigenvalue weighted by Crippen LogP contribution is 2.43. The molecule has 0 aliphatic carbocycles. The quantitative estimate of drug-likeness (QED) is 0.470. The zero-order valence-electron chi connectivity index (χ0n) is 15.5. The third-order valence-corrected chi connectivity index (χ3v) is 5.74. The fourth-order valence-electron chi connectivity index (χ4n) is 3.51. The summed E-state index contributed by atoms with van der Waals surface area (Å²) in [6.07, 6.45) is 0. The summed E-state index contributed by atoms with van der Waals surface area (Å²) in [5, 5.41) is 8.68. The van der Waals surface area contributed by atoms with Gasteiger partial charge in [-0.25, -0.2) is 9.38 Å². The Kier molecular flexibility index (Phi) is 4.93. The lowest BCUT2D eigenvalue weighted by molar-refractivity contribution is -0.111. The maximum absolute atomic E-state index is 13.7. The number of rotatable bonds is 3. The number of aliphatic imine (C=N–C) groups is 1. The summed E-state index contributed by atoms with van der Waals surface area (Å²) in [6, 6.07) is 13.3. The highest BCUT2D eigenvalue weighted by Gasteiger charge is 2.46. The molecule has 0 aromatic heterocycles. The third kappa shape index (κ3) is 3.13. The minimum absolute atomic E-state index is 0.0635. The highest BCUT2D eigenvalue weighted by molar-refractivity contribution is 9.09. The maximum atomic E-state index is 13.7. The predicted molar refractivity (Wildman–Crippen MR) is 114 cm³/mol. The average Bonchev–Trinajstić information content (AvgIpc) is 3.17. The average molecular weight is 474 g/mol. The second kappa shape index (κ2) is 7.29. The number of nitrogens with zero attached hydrogens (tertiary/aromatic N) is 4. The molecule has 1 atom stereocenters. The van der Waals surface area contributed by atoms with E-state index in [2.05, 4.69) is 27.0 Å². The molecule has 2 aromatic rings. The molecule has 29 heavy (non-hydrogen) atoms. The van der Waals surface area contributed by atoms with E-state index in [4.69, 9.17) is 16.9 Å². The Labute approximate surface area is 180 Å². The van der Waals surface area contributed by atoms with Crippen molar-refractivity contribution in [1.29, 1.82) is 5.26 Å². The molecule has 0 fully saturated rings. The van der Waals surface area contributed by atoms with E-state index in [1.54, 1.807) is 24.3 Å². The third-order valence-electron chi connectivity index (χ3n) is 4.81. The van der Waals surface area contributed by atoms with Gasteiger partial charge in [-0.05, 0) is 60.1 Å². The molecule has 0 bridgehead atoms. The number of halogens is 3. The van der Waals surface area contributed by atoms with Crippen molar-refractivity contribution in [2.45, 2.75) is 25.0 Å². The largest absolute Gasteiger partial charge is 0.335 e. The summed E-state index contributed by atoms with van der Waals surface area (Å²) in [7, 11) is 0. The molecule has 8 heteroatoms. The van der Waals surface area contributed by atoms with Crippen LogP contribution in [0.2, 0.25) is 5.02 Å². The number of anilines is 1. The van der Waals surface area contributed by atoms with Gasteiger partial charge in [0.05, 0.1) is 33.7 Å². The van der Waals surface area contributed by atoms with Crippen LogP contribution in [-0.4, -0.2) is 27.6 Å². The SMILES string of the molecule is CC(C)N1C2=C(c3ccc(C#N)cc3)N(c3ccc(F)c(Cl)c3)C(=O)C2=NC1Br. The van der Waals surface area contributed by atoms with Gasteiger partial charge in [-0.15, -0.1) is 0 Å². The van der Waals surface area contributed by atoms with Gasteiger partial charge in [0.15, 0.2) is 10.8 Å². The zero-order chi connectivity index (χ0) is 20.9. The van der Waals surface area contributed by atoms with Crippen LogP contribution < -0.4 is 4.90 Å². The van der Waals surface area contributed by atoms with Crippen LogP contribution in [0.1, 0.15) is 25.0 Å². The van der Waals surface area contributed by atoms with Crippen LogP contribution in [0.4, 0.5) is 10.1 Å². The Morgan fingerprint density at radius 2 is 1.90 bits per heavy atom. The van der Waals surface area contributed by atoms with Crippen LogP contribution in [0.25, 0.3) is 5.70 Å². The fourth-order valence-corrected chi connectivity index (χ4v) is 4.56. The molecule has 1 unspecified atom stereocenters.